The molecule has 0 unspecified atom stereocenters. The van der Waals surface area contributed by atoms with Gasteiger partial charge in [-0.2, -0.15) is 0 Å². The second-order valence-electron chi connectivity index (χ2n) is 3.19. The van der Waals surface area contributed by atoms with Gasteiger partial charge in [0.05, 0.1) is 24.0 Å². The van der Waals surface area contributed by atoms with Crippen LogP contribution in [0.5, 0.6) is 11.6 Å². The van der Waals surface area contributed by atoms with E-state index in [1.54, 1.807) is 6.07 Å². The van der Waals surface area contributed by atoms with Crippen LogP contribution in [0.3, 0.4) is 0 Å². The van der Waals surface area contributed by atoms with Crippen molar-refractivity contribution in [2.75, 3.05) is 0 Å². The van der Waals surface area contributed by atoms with E-state index in [0.717, 1.165) is 0 Å². The summed E-state index contributed by atoms with van der Waals surface area (Å²) in [5.41, 5.74) is 0.652. The second kappa shape index (κ2) is 5.42. The topological polar surface area (TPSA) is 35.0 Å². The minimum absolute atomic E-state index is 0.288. The molecular weight excluding hydrogens is 310 g/mol. The molecule has 3 nitrogen and oxygen atoms in total. The van der Waals surface area contributed by atoms with Crippen LogP contribution in [-0.2, 0) is 5.88 Å². The molecule has 0 fully saturated rings. The van der Waals surface area contributed by atoms with Crippen molar-refractivity contribution in [1.82, 2.24) is 9.97 Å². The quantitative estimate of drug-likeness (QED) is 0.805. The molecule has 0 atom stereocenters. The monoisotopic (exact) mass is 316 g/mol. The van der Waals surface area contributed by atoms with Gasteiger partial charge in [-0.15, -0.1) is 11.6 Å². The van der Waals surface area contributed by atoms with E-state index < -0.39 is 0 Å². The van der Waals surface area contributed by atoms with Crippen molar-refractivity contribution in [2.24, 2.45) is 0 Å². The Kier molecular flexibility index (Phi) is 3.91. The third-order valence-electron chi connectivity index (χ3n) is 1.88. The number of aromatic nitrogens is 2. The third-order valence-corrected chi connectivity index (χ3v) is 2.61. The first-order valence-corrected chi connectivity index (χ1v) is 6.01. The molecule has 0 aliphatic rings. The summed E-state index contributed by atoms with van der Waals surface area (Å²) < 4.78 is 19.0. The van der Waals surface area contributed by atoms with Crippen LogP contribution in [0.2, 0.25) is 0 Å². The zero-order valence-electron chi connectivity index (χ0n) is 8.53. The van der Waals surface area contributed by atoms with Crippen molar-refractivity contribution in [1.29, 1.82) is 0 Å². The van der Waals surface area contributed by atoms with E-state index in [-0.39, 0.29) is 11.7 Å². The first-order valence-electron chi connectivity index (χ1n) is 4.68. The molecule has 0 aliphatic heterocycles. The zero-order valence-corrected chi connectivity index (χ0v) is 10.9. The molecule has 2 rings (SSSR count). The molecule has 0 aliphatic carbocycles. The maximum Gasteiger partial charge on any atom is 0.237 e. The highest BCUT2D eigenvalue weighted by Crippen LogP contribution is 2.24. The Morgan fingerprint density at radius 3 is 2.65 bits per heavy atom. The number of hydrogen-bond acceptors (Lipinski definition) is 3. The average molecular weight is 318 g/mol. The van der Waals surface area contributed by atoms with Crippen LogP contribution in [-0.4, -0.2) is 9.97 Å². The van der Waals surface area contributed by atoms with Gasteiger partial charge in [0.2, 0.25) is 5.88 Å². The first-order chi connectivity index (χ1) is 8.17. The minimum Gasteiger partial charge on any atom is -0.437 e. The van der Waals surface area contributed by atoms with Crippen LogP contribution in [0, 0.1) is 5.82 Å². The molecule has 1 heterocycles. The maximum absolute atomic E-state index is 13.1. The molecule has 0 saturated carbocycles. The molecule has 0 amide bonds. The Hall–Kier alpha value is -1.20. The first kappa shape index (κ1) is 12.3. The van der Waals surface area contributed by atoms with Gasteiger partial charge in [0.1, 0.15) is 11.6 Å². The van der Waals surface area contributed by atoms with E-state index >= 15 is 0 Å². The van der Waals surface area contributed by atoms with E-state index in [9.17, 15) is 4.39 Å². The predicted molar refractivity (Wildman–Crippen MR) is 65.8 cm³/mol. The summed E-state index contributed by atoms with van der Waals surface area (Å²) >= 11 is 8.76. The molecule has 88 valence electrons. The van der Waals surface area contributed by atoms with Crippen LogP contribution in [0.4, 0.5) is 4.39 Å². The fraction of sp³-hybridized carbons (Fsp3) is 0.0909. The summed E-state index contributed by atoms with van der Waals surface area (Å²) in [6.07, 6.45) is 2.95. The van der Waals surface area contributed by atoms with Gasteiger partial charge < -0.3 is 4.74 Å². The molecule has 6 heteroatoms. The number of ether oxygens (including phenoxy) is 1. The smallest absolute Gasteiger partial charge is 0.237 e. The molecule has 1 aromatic heterocycles. The summed E-state index contributed by atoms with van der Waals surface area (Å²) in [6.45, 7) is 0. The number of halogens is 3. The van der Waals surface area contributed by atoms with Crippen LogP contribution >= 0.6 is 27.5 Å². The molecule has 1 aromatic carbocycles. The lowest BCUT2D eigenvalue weighted by Crippen LogP contribution is -1.92. The van der Waals surface area contributed by atoms with E-state index in [0.29, 0.717) is 21.8 Å². The predicted octanol–water partition coefficient (Wildman–Crippen LogP) is 3.91. The van der Waals surface area contributed by atoms with Gasteiger partial charge in [-0.05, 0) is 12.1 Å². The number of rotatable bonds is 3. The van der Waals surface area contributed by atoms with Gasteiger partial charge in [-0.1, -0.05) is 15.9 Å². The summed E-state index contributed by atoms with van der Waals surface area (Å²) in [4.78, 5) is 8.01. The van der Waals surface area contributed by atoms with Gasteiger partial charge >= 0.3 is 0 Å². The molecular formula is C11H7BrClFN2O. The lowest BCUT2D eigenvalue weighted by Gasteiger charge is -2.05. The van der Waals surface area contributed by atoms with Gasteiger partial charge in [0.15, 0.2) is 0 Å². The van der Waals surface area contributed by atoms with E-state index in [1.807, 2.05) is 0 Å². The number of benzene rings is 1. The van der Waals surface area contributed by atoms with Gasteiger partial charge in [0, 0.05) is 10.5 Å². The number of alkyl halides is 1. The van der Waals surface area contributed by atoms with E-state index in [4.69, 9.17) is 16.3 Å². The molecule has 2 aromatic rings. The minimum atomic E-state index is -0.389. The summed E-state index contributed by atoms with van der Waals surface area (Å²) in [5.74, 6) is 0.541. The van der Waals surface area contributed by atoms with Crippen molar-refractivity contribution in [3.05, 3.63) is 46.6 Å². The molecule has 0 bridgehead atoms. The van der Waals surface area contributed by atoms with Crippen LogP contribution in [0.25, 0.3) is 0 Å². The average Bonchev–Trinajstić information content (AvgIpc) is 2.28. The highest BCUT2D eigenvalue weighted by atomic mass is 79.9. The summed E-state index contributed by atoms with van der Waals surface area (Å²) in [7, 11) is 0. The van der Waals surface area contributed by atoms with Crippen LogP contribution in [0.1, 0.15) is 5.69 Å². The Morgan fingerprint density at radius 2 is 2.06 bits per heavy atom. The Labute approximate surface area is 111 Å². The molecule has 0 radical (unpaired) electrons. The Morgan fingerprint density at radius 1 is 1.24 bits per heavy atom. The maximum atomic E-state index is 13.1. The molecule has 0 saturated heterocycles. The van der Waals surface area contributed by atoms with Crippen LogP contribution < -0.4 is 4.74 Å². The van der Waals surface area contributed by atoms with Crippen molar-refractivity contribution < 1.29 is 9.13 Å². The lowest BCUT2D eigenvalue weighted by atomic mass is 10.3. The summed E-state index contributed by atoms with van der Waals surface area (Å²) in [6, 6.07) is 4.25. The third kappa shape index (κ3) is 3.38. The number of hydrogen-bond donors (Lipinski definition) is 0. The SMILES string of the molecule is Fc1cc(Br)cc(Oc2cnc(CCl)cn2)c1. The lowest BCUT2D eigenvalue weighted by molar-refractivity contribution is 0.454. The van der Waals surface area contributed by atoms with E-state index in [2.05, 4.69) is 25.9 Å². The van der Waals surface area contributed by atoms with Crippen molar-refractivity contribution in [3.63, 3.8) is 0 Å². The molecule has 0 spiro atoms. The highest BCUT2D eigenvalue weighted by Gasteiger charge is 2.03. The fourth-order valence-electron chi connectivity index (χ4n) is 1.17. The normalized spacial score (nSPS) is 10.3. The van der Waals surface area contributed by atoms with Gasteiger partial charge in [-0.25, -0.2) is 9.37 Å². The fourth-order valence-corrected chi connectivity index (χ4v) is 1.76. The van der Waals surface area contributed by atoms with Crippen molar-refractivity contribution in [2.45, 2.75) is 5.88 Å². The Bertz CT molecular complexity index is 501. The number of nitrogens with zero attached hydrogens (tertiary/aromatic N) is 2. The Balaban J connectivity index is 2.19. The van der Waals surface area contributed by atoms with Crippen LogP contribution in [0.15, 0.2) is 35.1 Å². The van der Waals surface area contributed by atoms with E-state index in [1.165, 1.54) is 24.5 Å². The molecule has 17 heavy (non-hydrogen) atoms. The second-order valence-corrected chi connectivity index (χ2v) is 4.37. The van der Waals surface area contributed by atoms with Gasteiger partial charge in [0.25, 0.3) is 0 Å². The largest absolute Gasteiger partial charge is 0.437 e. The standard InChI is InChI=1S/C11H7BrClFN2O/c12-7-1-8(14)3-10(2-7)17-11-6-15-9(4-13)5-16-11/h1-3,5-6H,4H2. The highest BCUT2D eigenvalue weighted by molar-refractivity contribution is 9.10. The molecule has 0 N–H and O–H groups in total. The zero-order chi connectivity index (χ0) is 12.3. The summed E-state index contributed by atoms with van der Waals surface area (Å²) in [5, 5.41) is 0. The van der Waals surface area contributed by atoms with Crippen molar-refractivity contribution in [3.8, 4) is 11.6 Å². The van der Waals surface area contributed by atoms with Gasteiger partial charge in [-0.3, -0.25) is 4.98 Å². The van der Waals surface area contributed by atoms with Crippen molar-refractivity contribution >= 4 is 27.5 Å².